The second-order valence-electron chi connectivity index (χ2n) is 5.19. The van der Waals surface area contributed by atoms with E-state index < -0.39 is 11.5 Å². The van der Waals surface area contributed by atoms with Crippen LogP contribution < -0.4 is 5.32 Å². The normalized spacial score (nSPS) is 24.1. The van der Waals surface area contributed by atoms with Gasteiger partial charge in [0, 0.05) is 13.1 Å². The summed E-state index contributed by atoms with van der Waals surface area (Å²) in [6.45, 7) is 8.31. The highest BCUT2D eigenvalue weighted by Crippen LogP contribution is 2.17. The van der Waals surface area contributed by atoms with E-state index in [0.29, 0.717) is 25.9 Å². The van der Waals surface area contributed by atoms with Crippen LogP contribution >= 0.6 is 0 Å². The Kier molecular flexibility index (Phi) is 5.17. The Morgan fingerprint density at radius 1 is 1.26 bits per heavy atom. The number of aliphatic carboxylic acids is 1. The summed E-state index contributed by atoms with van der Waals surface area (Å²) < 4.78 is 5.56. The van der Waals surface area contributed by atoms with Crippen LogP contribution in [0.1, 0.15) is 40.5 Å². The largest absolute Gasteiger partial charge is 0.480 e. The molecule has 2 amide bonds. The first-order chi connectivity index (χ1) is 8.84. The number of carbonyl (C=O) groups excluding carboxylic acids is 1. The molecule has 6 heteroatoms. The molecule has 0 aromatic heterocycles. The van der Waals surface area contributed by atoms with Crippen molar-refractivity contribution in [1.82, 2.24) is 10.2 Å². The fourth-order valence-corrected chi connectivity index (χ4v) is 2.41. The van der Waals surface area contributed by atoms with E-state index in [2.05, 4.69) is 5.32 Å². The molecule has 1 fully saturated rings. The van der Waals surface area contributed by atoms with Crippen LogP contribution in [-0.2, 0) is 9.53 Å². The topological polar surface area (TPSA) is 78.9 Å². The zero-order valence-corrected chi connectivity index (χ0v) is 12.1. The molecule has 0 aliphatic carbocycles. The van der Waals surface area contributed by atoms with Gasteiger partial charge in [-0.3, -0.25) is 0 Å². The van der Waals surface area contributed by atoms with Crippen LogP contribution in [0.25, 0.3) is 0 Å². The summed E-state index contributed by atoms with van der Waals surface area (Å²) in [5.74, 6) is -0.986. The van der Waals surface area contributed by atoms with Gasteiger partial charge in [-0.05, 0) is 26.7 Å². The van der Waals surface area contributed by atoms with Gasteiger partial charge in [-0.2, -0.15) is 0 Å². The lowest BCUT2D eigenvalue weighted by atomic mass is 9.93. The molecule has 0 saturated carbocycles. The minimum Gasteiger partial charge on any atom is -0.480 e. The monoisotopic (exact) mass is 272 g/mol. The summed E-state index contributed by atoms with van der Waals surface area (Å²) in [4.78, 5) is 25.2. The third-order valence-corrected chi connectivity index (χ3v) is 3.67. The molecule has 110 valence electrons. The second kappa shape index (κ2) is 6.23. The predicted octanol–water partition coefficient (Wildman–Crippen LogP) is 1.45. The molecule has 2 atom stereocenters. The minimum absolute atomic E-state index is 0.0306. The summed E-state index contributed by atoms with van der Waals surface area (Å²) in [5, 5.41) is 12.0. The van der Waals surface area contributed by atoms with Crippen molar-refractivity contribution in [3.63, 3.8) is 0 Å². The summed E-state index contributed by atoms with van der Waals surface area (Å²) >= 11 is 0. The van der Waals surface area contributed by atoms with Gasteiger partial charge < -0.3 is 20.1 Å². The number of rotatable bonds is 4. The SMILES string of the molecule is CCC(CC)(NC(=O)N1C[C@@H](C)O[C@@H](C)C1)C(=O)O. The fraction of sp³-hybridized carbons (Fsp3) is 0.846. The van der Waals surface area contributed by atoms with Gasteiger partial charge in [0.2, 0.25) is 0 Å². The highest BCUT2D eigenvalue weighted by Gasteiger charge is 2.38. The molecule has 0 unspecified atom stereocenters. The quantitative estimate of drug-likeness (QED) is 0.812. The summed E-state index contributed by atoms with van der Waals surface area (Å²) in [6.07, 6.45) is 0.661. The Bertz CT molecular complexity index is 332. The molecule has 0 aromatic rings. The smallest absolute Gasteiger partial charge is 0.329 e. The zero-order valence-electron chi connectivity index (χ0n) is 12.1. The second-order valence-corrected chi connectivity index (χ2v) is 5.19. The number of nitrogens with one attached hydrogen (secondary N) is 1. The fourth-order valence-electron chi connectivity index (χ4n) is 2.41. The summed E-state index contributed by atoms with van der Waals surface area (Å²) in [7, 11) is 0. The standard InChI is InChI=1S/C13H24N2O4/c1-5-13(6-2,11(16)17)14-12(18)15-7-9(3)19-10(4)8-15/h9-10H,5-8H2,1-4H3,(H,14,18)(H,16,17)/t9-,10+. The van der Waals surface area contributed by atoms with E-state index in [1.807, 2.05) is 13.8 Å². The minimum atomic E-state index is -1.18. The van der Waals surface area contributed by atoms with Crippen molar-refractivity contribution in [3.05, 3.63) is 0 Å². The highest BCUT2D eigenvalue weighted by molar-refractivity contribution is 5.86. The number of amides is 2. The van der Waals surface area contributed by atoms with Crippen molar-refractivity contribution < 1.29 is 19.4 Å². The zero-order chi connectivity index (χ0) is 14.6. The molecule has 1 saturated heterocycles. The number of hydrogen-bond acceptors (Lipinski definition) is 3. The molecule has 6 nitrogen and oxygen atoms in total. The molecule has 1 aliphatic rings. The third kappa shape index (κ3) is 3.59. The van der Waals surface area contributed by atoms with Crippen molar-refractivity contribution in [2.24, 2.45) is 0 Å². The molecule has 1 rings (SSSR count). The molecule has 0 bridgehead atoms. The molecule has 19 heavy (non-hydrogen) atoms. The van der Waals surface area contributed by atoms with Gasteiger partial charge in [-0.1, -0.05) is 13.8 Å². The number of morpholine rings is 1. The average molecular weight is 272 g/mol. The Labute approximate surface area is 114 Å². The molecule has 0 radical (unpaired) electrons. The van der Waals surface area contributed by atoms with Crippen LogP contribution in [0.4, 0.5) is 4.79 Å². The van der Waals surface area contributed by atoms with Gasteiger partial charge in [0.25, 0.3) is 0 Å². The van der Waals surface area contributed by atoms with E-state index in [9.17, 15) is 14.7 Å². The van der Waals surface area contributed by atoms with Crippen molar-refractivity contribution >= 4 is 12.0 Å². The Balaban J connectivity index is 2.74. The average Bonchev–Trinajstić information content (AvgIpc) is 2.34. The van der Waals surface area contributed by atoms with E-state index >= 15 is 0 Å². The first kappa shape index (κ1) is 15.8. The number of carboxylic acid groups (broad SMARTS) is 1. The van der Waals surface area contributed by atoms with Gasteiger partial charge >= 0.3 is 12.0 Å². The number of ether oxygens (including phenoxy) is 1. The van der Waals surface area contributed by atoms with E-state index in [1.54, 1.807) is 18.7 Å². The summed E-state index contributed by atoms with van der Waals surface area (Å²) in [5.41, 5.74) is -1.18. The Hall–Kier alpha value is -1.30. The van der Waals surface area contributed by atoms with Gasteiger partial charge in [-0.25, -0.2) is 9.59 Å². The first-order valence-electron chi connectivity index (χ1n) is 6.80. The van der Waals surface area contributed by atoms with Crippen molar-refractivity contribution in [2.45, 2.75) is 58.3 Å². The third-order valence-electron chi connectivity index (χ3n) is 3.67. The van der Waals surface area contributed by atoms with Crippen LogP contribution in [0.2, 0.25) is 0 Å². The molecular weight excluding hydrogens is 248 g/mol. The molecule has 1 aliphatic heterocycles. The van der Waals surface area contributed by atoms with Crippen LogP contribution in [0.3, 0.4) is 0 Å². The van der Waals surface area contributed by atoms with Crippen LogP contribution in [0.5, 0.6) is 0 Å². The molecule has 1 heterocycles. The Morgan fingerprint density at radius 3 is 2.11 bits per heavy atom. The van der Waals surface area contributed by atoms with Gasteiger partial charge in [0.15, 0.2) is 0 Å². The van der Waals surface area contributed by atoms with E-state index in [-0.39, 0.29) is 18.2 Å². The van der Waals surface area contributed by atoms with Gasteiger partial charge in [0.05, 0.1) is 12.2 Å². The number of urea groups is 1. The lowest BCUT2D eigenvalue weighted by Gasteiger charge is -2.38. The molecule has 2 N–H and O–H groups in total. The maximum Gasteiger partial charge on any atom is 0.329 e. The Morgan fingerprint density at radius 2 is 1.74 bits per heavy atom. The number of hydrogen-bond donors (Lipinski definition) is 2. The number of carbonyl (C=O) groups is 2. The van der Waals surface area contributed by atoms with Crippen molar-refractivity contribution in [2.75, 3.05) is 13.1 Å². The summed E-state index contributed by atoms with van der Waals surface area (Å²) in [6, 6.07) is -0.326. The van der Waals surface area contributed by atoms with E-state index in [4.69, 9.17) is 4.74 Å². The van der Waals surface area contributed by atoms with Crippen molar-refractivity contribution in [1.29, 1.82) is 0 Å². The van der Waals surface area contributed by atoms with Crippen LogP contribution in [0, 0.1) is 0 Å². The van der Waals surface area contributed by atoms with E-state index in [0.717, 1.165) is 0 Å². The van der Waals surface area contributed by atoms with Gasteiger partial charge in [-0.15, -0.1) is 0 Å². The van der Waals surface area contributed by atoms with Gasteiger partial charge in [0.1, 0.15) is 5.54 Å². The number of nitrogens with zero attached hydrogens (tertiary/aromatic N) is 1. The lowest BCUT2D eigenvalue weighted by molar-refractivity contribution is -0.145. The molecular formula is C13H24N2O4. The maximum atomic E-state index is 12.2. The lowest BCUT2D eigenvalue weighted by Crippen LogP contribution is -2.60. The van der Waals surface area contributed by atoms with Crippen LogP contribution in [-0.4, -0.2) is 52.8 Å². The van der Waals surface area contributed by atoms with Crippen molar-refractivity contribution in [3.8, 4) is 0 Å². The van der Waals surface area contributed by atoms with E-state index in [1.165, 1.54) is 0 Å². The highest BCUT2D eigenvalue weighted by atomic mass is 16.5. The van der Waals surface area contributed by atoms with Crippen LogP contribution in [0.15, 0.2) is 0 Å². The predicted molar refractivity (Wildman–Crippen MR) is 71.1 cm³/mol. The molecule has 0 aromatic carbocycles. The first-order valence-corrected chi connectivity index (χ1v) is 6.80. The maximum absolute atomic E-state index is 12.2. The molecule has 0 spiro atoms. The number of carboxylic acids is 1.